The second-order valence-corrected chi connectivity index (χ2v) is 6.94. The molecule has 1 saturated carbocycles. The van der Waals surface area contributed by atoms with Gasteiger partial charge in [0, 0.05) is 25.2 Å². The minimum atomic E-state index is 0.570. The predicted octanol–water partition coefficient (Wildman–Crippen LogP) is 5.03. The van der Waals surface area contributed by atoms with Crippen LogP contribution in [0, 0.1) is 11.8 Å². The molecule has 0 spiro atoms. The van der Waals surface area contributed by atoms with Gasteiger partial charge in [0.05, 0.1) is 11.4 Å². The maximum atomic E-state index is 6.18. The molecule has 2 nitrogen and oxygen atoms in total. The van der Waals surface area contributed by atoms with Gasteiger partial charge < -0.3 is 10.2 Å². The zero-order valence-electron chi connectivity index (χ0n) is 13.1. The van der Waals surface area contributed by atoms with Gasteiger partial charge in [-0.25, -0.2) is 0 Å². The van der Waals surface area contributed by atoms with E-state index in [1.165, 1.54) is 37.1 Å². The van der Waals surface area contributed by atoms with Crippen LogP contribution in [0.5, 0.6) is 0 Å². The average Bonchev–Trinajstić information content (AvgIpc) is 2.38. The first-order valence-corrected chi connectivity index (χ1v) is 8.10. The van der Waals surface area contributed by atoms with E-state index in [9.17, 15) is 0 Å². The van der Waals surface area contributed by atoms with Crippen LogP contribution < -0.4 is 10.2 Å². The van der Waals surface area contributed by atoms with Gasteiger partial charge in [-0.2, -0.15) is 0 Å². The molecule has 0 amide bonds. The van der Waals surface area contributed by atoms with Gasteiger partial charge in [-0.05, 0) is 42.9 Å². The molecule has 2 rings (SSSR count). The monoisotopic (exact) mass is 294 g/mol. The maximum Gasteiger partial charge on any atom is 0.0597 e. The second kappa shape index (κ2) is 6.71. The van der Waals surface area contributed by atoms with Crippen LogP contribution in [0.1, 0.15) is 39.5 Å². The predicted molar refractivity (Wildman–Crippen MR) is 90.0 cm³/mol. The van der Waals surface area contributed by atoms with Crippen LogP contribution in [-0.4, -0.2) is 20.1 Å². The fourth-order valence-corrected chi connectivity index (χ4v) is 3.52. The van der Waals surface area contributed by atoms with Crippen molar-refractivity contribution < 1.29 is 0 Å². The van der Waals surface area contributed by atoms with Crippen LogP contribution in [0.4, 0.5) is 11.4 Å². The van der Waals surface area contributed by atoms with Gasteiger partial charge >= 0.3 is 0 Å². The van der Waals surface area contributed by atoms with Crippen LogP contribution in [-0.2, 0) is 0 Å². The summed E-state index contributed by atoms with van der Waals surface area (Å²) in [6, 6.07) is 6.68. The number of nitrogens with one attached hydrogen (secondary N) is 1. The molecule has 1 N–H and O–H groups in total. The third-order valence-corrected chi connectivity index (χ3v) is 4.69. The quantitative estimate of drug-likeness (QED) is 0.837. The highest BCUT2D eigenvalue weighted by molar-refractivity contribution is 6.31. The Hall–Kier alpha value is -0.890. The molecule has 1 aliphatic carbocycles. The van der Waals surface area contributed by atoms with Crippen LogP contribution in [0.2, 0.25) is 5.02 Å². The summed E-state index contributed by atoms with van der Waals surface area (Å²) in [5.41, 5.74) is 2.38. The third kappa shape index (κ3) is 3.60. The number of rotatable bonds is 4. The van der Waals surface area contributed by atoms with Gasteiger partial charge in [0.15, 0.2) is 0 Å². The summed E-state index contributed by atoms with van der Waals surface area (Å²) in [5, 5.41) is 4.58. The van der Waals surface area contributed by atoms with Crippen molar-refractivity contribution in [2.45, 2.75) is 45.6 Å². The number of nitrogens with zero attached hydrogens (tertiary/aromatic N) is 1. The summed E-state index contributed by atoms with van der Waals surface area (Å²) >= 11 is 6.18. The fourth-order valence-electron chi connectivity index (χ4n) is 3.35. The van der Waals surface area contributed by atoms with Gasteiger partial charge in [0.2, 0.25) is 0 Å². The summed E-state index contributed by atoms with van der Waals surface area (Å²) in [4.78, 5) is 2.14. The third-order valence-electron chi connectivity index (χ3n) is 4.46. The Bertz CT molecular complexity index is 443. The molecule has 1 fully saturated rings. The highest BCUT2D eigenvalue weighted by Crippen LogP contribution is 2.35. The molecular weight excluding hydrogens is 268 g/mol. The van der Waals surface area contributed by atoms with Crippen molar-refractivity contribution in [3.8, 4) is 0 Å². The molecule has 3 heteroatoms. The summed E-state index contributed by atoms with van der Waals surface area (Å²) in [7, 11) is 4.16. The van der Waals surface area contributed by atoms with Gasteiger partial charge in [-0.3, -0.25) is 0 Å². The van der Waals surface area contributed by atoms with Crippen molar-refractivity contribution in [2.24, 2.45) is 11.8 Å². The Morgan fingerprint density at radius 2 is 1.90 bits per heavy atom. The molecule has 1 aromatic carbocycles. The molecular formula is C17H27ClN2. The van der Waals surface area contributed by atoms with Crippen LogP contribution in [0.3, 0.4) is 0 Å². The topological polar surface area (TPSA) is 15.3 Å². The number of hydrogen-bond donors (Lipinski definition) is 1. The molecule has 0 heterocycles. The lowest BCUT2D eigenvalue weighted by Crippen LogP contribution is -2.35. The van der Waals surface area contributed by atoms with E-state index in [1.54, 1.807) is 0 Å². The van der Waals surface area contributed by atoms with E-state index in [4.69, 9.17) is 11.6 Å². The summed E-state index contributed by atoms with van der Waals surface area (Å²) in [6.45, 7) is 4.69. The Labute approximate surface area is 128 Å². The van der Waals surface area contributed by atoms with E-state index in [0.717, 1.165) is 16.9 Å². The van der Waals surface area contributed by atoms with Crippen LogP contribution in [0.15, 0.2) is 18.2 Å². The Morgan fingerprint density at radius 1 is 1.20 bits per heavy atom. The fraction of sp³-hybridized carbons (Fsp3) is 0.647. The number of anilines is 2. The van der Waals surface area contributed by atoms with Gasteiger partial charge in [-0.15, -0.1) is 0 Å². The molecule has 0 aliphatic heterocycles. The van der Waals surface area contributed by atoms with Crippen molar-refractivity contribution in [3.63, 3.8) is 0 Å². The lowest BCUT2D eigenvalue weighted by molar-refractivity contribution is 0.254. The van der Waals surface area contributed by atoms with Crippen molar-refractivity contribution in [1.82, 2.24) is 0 Å². The summed E-state index contributed by atoms with van der Waals surface area (Å²) in [5.74, 6) is 1.49. The smallest absolute Gasteiger partial charge is 0.0597 e. The zero-order chi connectivity index (χ0) is 14.7. The van der Waals surface area contributed by atoms with Gasteiger partial charge in [-0.1, -0.05) is 38.3 Å². The Kier molecular flexibility index (Phi) is 5.20. The summed E-state index contributed by atoms with van der Waals surface area (Å²) < 4.78 is 0. The van der Waals surface area contributed by atoms with Crippen molar-refractivity contribution >= 4 is 23.0 Å². The average molecular weight is 295 g/mol. The van der Waals surface area contributed by atoms with Crippen LogP contribution in [0.25, 0.3) is 0 Å². The molecule has 20 heavy (non-hydrogen) atoms. The van der Waals surface area contributed by atoms with Crippen LogP contribution >= 0.6 is 11.6 Å². The number of benzene rings is 1. The molecule has 2 unspecified atom stereocenters. The van der Waals surface area contributed by atoms with Crippen molar-refractivity contribution in [1.29, 1.82) is 0 Å². The van der Waals surface area contributed by atoms with Gasteiger partial charge in [0.1, 0.15) is 0 Å². The minimum Gasteiger partial charge on any atom is -0.380 e. The van der Waals surface area contributed by atoms with Crippen molar-refractivity contribution in [3.05, 3.63) is 23.2 Å². The van der Waals surface area contributed by atoms with E-state index >= 15 is 0 Å². The molecule has 2 atom stereocenters. The first-order chi connectivity index (χ1) is 9.49. The maximum absolute atomic E-state index is 6.18. The SMILES string of the molecule is CC(C)C1CCCCC1Nc1cc(Cl)ccc1N(C)C. The lowest BCUT2D eigenvalue weighted by atomic mass is 9.77. The van der Waals surface area contributed by atoms with E-state index in [2.05, 4.69) is 50.3 Å². The first kappa shape index (κ1) is 15.5. The Balaban J connectivity index is 2.21. The van der Waals surface area contributed by atoms with E-state index in [-0.39, 0.29) is 0 Å². The second-order valence-electron chi connectivity index (χ2n) is 6.50. The zero-order valence-corrected chi connectivity index (χ0v) is 13.9. The normalized spacial score (nSPS) is 22.9. The number of hydrogen-bond acceptors (Lipinski definition) is 2. The highest BCUT2D eigenvalue weighted by Gasteiger charge is 2.28. The molecule has 0 aromatic heterocycles. The molecule has 0 bridgehead atoms. The molecule has 0 saturated heterocycles. The van der Waals surface area contributed by atoms with E-state index < -0.39 is 0 Å². The first-order valence-electron chi connectivity index (χ1n) is 7.72. The standard InChI is InChI=1S/C17H27ClN2/c1-12(2)14-7-5-6-8-15(14)19-16-11-13(18)9-10-17(16)20(3)4/h9-12,14-15,19H,5-8H2,1-4H3. The minimum absolute atomic E-state index is 0.570. The highest BCUT2D eigenvalue weighted by atomic mass is 35.5. The summed E-state index contributed by atoms with van der Waals surface area (Å²) in [6.07, 6.45) is 5.31. The van der Waals surface area contributed by atoms with Crippen molar-refractivity contribution in [2.75, 3.05) is 24.3 Å². The largest absolute Gasteiger partial charge is 0.380 e. The molecule has 1 aliphatic rings. The Morgan fingerprint density at radius 3 is 2.55 bits per heavy atom. The van der Waals surface area contributed by atoms with E-state index in [1.807, 2.05) is 6.07 Å². The number of halogens is 1. The van der Waals surface area contributed by atoms with E-state index in [0.29, 0.717) is 6.04 Å². The van der Waals surface area contributed by atoms with Gasteiger partial charge in [0.25, 0.3) is 0 Å². The molecule has 112 valence electrons. The lowest BCUT2D eigenvalue weighted by Gasteiger charge is -2.36. The molecule has 0 radical (unpaired) electrons. The molecule has 1 aromatic rings.